The molecule has 0 aromatic heterocycles. The largest absolute Gasteiger partial charge is 0.356 e. The van der Waals surface area contributed by atoms with Crippen LogP contribution in [0.5, 0.6) is 0 Å². The van der Waals surface area contributed by atoms with Gasteiger partial charge < -0.3 is 9.47 Å². The van der Waals surface area contributed by atoms with Crippen molar-refractivity contribution in [2.75, 3.05) is 14.2 Å². The van der Waals surface area contributed by atoms with Crippen molar-refractivity contribution in [3.63, 3.8) is 0 Å². The molecule has 0 saturated carbocycles. The summed E-state index contributed by atoms with van der Waals surface area (Å²) < 4.78 is 22.7. The molecule has 1 rings (SSSR count). The SMILES string of the molecule is COC(Cc1cccc(F)c1)OC. The van der Waals surface area contributed by atoms with E-state index < -0.39 is 0 Å². The topological polar surface area (TPSA) is 18.5 Å². The lowest BCUT2D eigenvalue weighted by molar-refractivity contribution is -0.100. The number of halogens is 1. The molecule has 0 spiro atoms. The van der Waals surface area contributed by atoms with Gasteiger partial charge in [-0.05, 0) is 17.7 Å². The standard InChI is InChI=1S/C10H13FO2/c1-12-10(13-2)7-8-4-3-5-9(11)6-8/h3-6,10H,7H2,1-2H3. The van der Waals surface area contributed by atoms with Gasteiger partial charge in [0, 0.05) is 20.6 Å². The summed E-state index contributed by atoms with van der Waals surface area (Å²) in [4.78, 5) is 0. The molecule has 0 N–H and O–H groups in total. The molecular formula is C10H13FO2. The van der Waals surface area contributed by atoms with E-state index in [1.165, 1.54) is 12.1 Å². The van der Waals surface area contributed by atoms with Gasteiger partial charge in [-0.25, -0.2) is 4.39 Å². The lowest BCUT2D eigenvalue weighted by Crippen LogP contribution is -2.15. The highest BCUT2D eigenvalue weighted by molar-refractivity contribution is 5.16. The van der Waals surface area contributed by atoms with E-state index in [1.54, 1.807) is 20.3 Å². The average molecular weight is 184 g/mol. The molecule has 0 aliphatic heterocycles. The molecule has 13 heavy (non-hydrogen) atoms. The fourth-order valence-electron chi connectivity index (χ4n) is 1.12. The molecule has 0 unspecified atom stereocenters. The maximum Gasteiger partial charge on any atom is 0.160 e. The van der Waals surface area contributed by atoms with E-state index in [2.05, 4.69) is 0 Å². The van der Waals surface area contributed by atoms with Crippen LogP contribution in [0, 0.1) is 5.82 Å². The molecule has 0 atom stereocenters. The highest BCUT2D eigenvalue weighted by Crippen LogP contribution is 2.08. The molecule has 0 saturated heterocycles. The van der Waals surface area contributed by atoms with Crippen LogP contribution in [0.1, 0.15) is 5.56 Å². The Kier molecular flexibility index (Phi) is 3.86. The normalized spacial score (nSPS) is 10.8. The van der Waals surface area contributed by atoms with Crippen LogP contribution in [-0.2, 0) is 15.9 Å². The monoisotopic (exact) mass is 184 g/mol. The van der Waals surface area contributed by atoms with Crippen LogP contribution in [-0.4, -0.2) is 20.5 Å². The lowest BCUT2D eigenvalue weighted by Gasteiger charge is -2.12. The summed E-state index contributed by atoms with van der Waals surface area (Å²) in [5, 5.41) is 0. The van der Waals surface area contributed by atoms with Crippen LogP contribution in [0.2, 0.25) is 0 Å². The van der Waals surface area contributed by atoms with Gasteiger partial charge >= 0.3 is 0 Å². The number of hydrogen-bond acceptors (Lipinski definition) is 2. The first kappa shape index (κ1) is 10.2. The van der Waals surface area contributed by atoms with E-state index in [4.69, 9.17) is 9.47 Å². The van der Waals surface area contributed by atoms with Crippen LogP contribution in [0.25, 0.3) is 0 Å². The Bertz CT molecular complexity index is 259. The van der Waals surface area contributed by atoms with Crippen molar-refractivity contribution in [1.29, 1.82) is 0 Å². The van der Waals surface area contributed by atoms with Crippen LogP contribution >= 0.6 is 0 Å². The van der Waals surface area contributed by atoms with E-state index >= 15 is 0 Å². The number of methoxy groups -OCH3 is 2. The Labute approximate surface area is 77.3 Å². The Hall–Kier alpha value is -0.930. The predicted molar refractivity (Wildman–Crippen MR) is 47.9 cm³/mol. The summed E-state index contributed by atoms with van der Waals surface area (Å²) in [6.07, 6.45) is 0.256. The molecule has 0 aliphatic rings. The molecule has 72 valence electrons. The summed E-state index contributed by atoms with van der Waals surface area (Å²) in [5.41, 5.74) is 0.869. The number of rotatable bonds is 4. The summed E-state index contributed by atoms with van der Waals surface area (Å²) in [5.74, 6) is -0.233. The van der Waals surface area contributed by atoms with E-state index in [9.17, 15) is 4.39 Å². The van der Waals surface area contributed by atoms with Crippen molar-refractivity contribution in [2.45, 2.75) is 12.7 Å². The summed E-state index contributed by atoms with van der Waals surface area (Å²) in [7, 11) is 3.13. The third-order valence-corrected chi connectivity index (χ3v) is 1.82. The minimum Gasteiger partial charge on any atom is -0.356 e. The lowest BCUT2D eigenvalue weighted by atomic mass is 10.1. The number of hydrogen-bond donors (Lipinski definition) is 0. The quantitative estimate of drug-likeness (QED) is 0.666. The molecule has 1 aromatic carbocycles. The van der Waals surface area contributed by atoms with Gasteiger partial charge in [0.15, 0.2) is 6.29 Å². The van der Waals surface area contributed by atoms with Crippen molar-refractivity contribution in [1.82, 2.24) is 0 Å². The summed E-state index contributed by atoms with van der Waals surface area (Å²) in [6.45, 7) is 0. The van der Waals surface area contributed by atoms with Crippen molar-refractivity contribution >= 4 is 0 Å². The zero-order valence-corrected chi connectivity index (χ0v) is 7.79. The van der Waals surface area contributed by atoms with Gasteiger partial charge in [-0.1, -0.05) is 12.1 Å². The van der Waals surface area contributed by atoms with Crippen molar-refractivity contribution in [2.24, 2.45) is 0 Å². The first-order valence-electron chi connectivity index (χ1n) is 4.06. The Balaban J connectivity index is 2.62. The van der Waals surface area contributed by atoms with Crippen LogP contribution in [0.4, 0.5) is 4.39 Å². The predicted octanol–water partition coefficient (Wildman–Crippen LogP) is 1.99. The average Bonchev–Trinajstić information content (AvgIpc) is 2.14. The Morgan fingerprint density at radius 2 is 2.00 bits per heavy atom. The minimum absolute atomic E-state index is 0.233. The van der Waals surface area contributed by atoms with Crippen molar-refractivity contribution in [3.8, 4) is 0 Å². The van der Waals surface area contributed by atoms with Crippen LogP contribution in [0.3, 0.4) is 0 Å². The van der Waals surface area contributed by atoms with E-state index in [0.29, 0.717) is 6.42 Å². The smallest absolute Gasteiger partial charge is 0.160 e. The van der Waals surface area contributed by atoms with Gasteiger partial charge in [0.1, 0.15) is 5.82 Å². The molecule has 3 heteroatoms. The van der Waals surface area contributed by atoms with Gasteiger partial charge in [0.05, 0.1) is 0 Å². The van der Waals surface area contributed by atoms with Gasteiger partial charge in [-0.15, -0.1) is 0 Å². The number of benzene rings is 1. The van der Waals surface area contributed by atoms with Crippen molar-refractivity contribution in [3.05, 3.63) is 35.6 Å². The first-order valence-corrected chi connectivity index (χ1v) is 4.06. The van der Waals surface area contributed by atoms with Gasteiger partial charge in [-0.3, -0.25) is 0 Å². The third kappa shape index (κ3) is 3.13. The zero-order chi connectivity index (χ0) is 9.68. The molecule has 0 fully saturated rings. The number of ether oxygens (including phenoxy) is 2. The fraction of sp³-hybridized carbons (Fsp3) is 0.400. The van der Waals surface area contributed by atoms with Crippen LogP contribution in [0.15, 0.2) is 24.3 Å². The van der Waals surface area contributed by atoms with E-state index in [0.717, 1.165) is 5.56 Å². The second-order valence-corrected chi connectivity index (χ2v) is 2.74. The molecular weight excluding hydrogens is 171 g/mol. The van der Waals surface area contributed by atoms with Gasteiger partial charge in [0.2, 0.25) is 0 Å². The molecule has 0 radical (unpaired) electrons. The molecule has 2 nitrogen and oxygen atoms in total. The van der Waals surface area contributed by atoms with Crippen LogP contribution < -0.4 is 0 Å². The molecule has 0 amide bonds. The molecule has 0 bridgehead atoms. The maximum atomic E-state index is 12.7. The van der Waals surface area contributed by atoms with E-state index in [-0.39, 0.29) is 12.1 Å². The summed E-state index contributed by atoms with van der Waals surface area (Å²) in [6, 6.07) is 6.41. The van der Waals surface area contributed by atoms with Gasteiger partial charge in [-0.2, -0.15) is 0 Å². The minimum atomic E-state index is -0.304. The highest BCUT2D eigenvalue weighted by Gasteiger charge is 2.06. The van der Waals surface area contributed by atoms with Crippen molar-refractivity contribution < 1.29 is 13.9 Å². The zero-order valence-electron chi connectivity index (χ0n) is 7.79. The maximum absolute atomic E-state index is 12.7. The molecule has 0 aliphatic carbocycles. The summed E-state index contributed by atoms with van der Waals surface area (Å²) >= 11 is 0. The second-order valence-electron chi connectivity index (χ2n) is 2.74. The highest BCUT2D eigenvalue weighted by atomic mass is 19.1. The Morgan fingerprint density at radius 3 is 2.54 bits per heavy atom. The Morgan fingerprint density at radius 1 is 1.31 bits per heavy atom. The fourth-order valence-corrected chi connectivity index (χ4v) is 1.12. The third-order valence-electron chi connectivity index (χ3n) is 1.82. The molecule has 0 heterocycles. The second kappa shape index (κ2) is 4.94. The van der Waals surface area contributed by atoms with E-state index in [1.807, 2.05) is 6.07 Å². The first-order chi connectivity index (χ1) is 6.26. The molecule has 1 aromatic rings. The van der Waals surface area contributed by atoms with Gasteiger partial charge in [0.25, 0.3) is 0 Å².